The van der Waals surface area contributed by atoms with Crippen LogP contribution < -0.4 is 0 Å². The average molecular weight is 223 g/mol. The predicted molar refractivity (Wildman–Crippen MR) is 51.9 cm³/mol. The summed E-state index contributed by atoms with van der Waals surface area (Å²) >= 11 is 11.3. The van der Waals surface area contributed by atoms with Crippen LogP contribution in [0.3, 0.4) is 0 Å². The molecule has 0 bridgehead atoms. The number of hydrogen-bond acceptors (Lipinski definition) is 1. The summed E-state index contributed by atoms with van der Waals surface area (Å²) in [6, 6.07) is 2.71. The molecule has 1 rings (SSSR count). The highest BCUT2D eigenvalue weighted by Crippen LogP contribution is 2.29. The molecule has 0 aliphatic rings. The summed E-state index contributed by atoms with van der Waals surface area (Å²) in [6.45, 7) is 1.66. The van der Waals surface area contributed by atoms with Crippen LogP contribution in [0.15, 0.2) is 12.1 Å². The molecule has 1 unspecified atom stereocenters. The van der Waals surface area contributed by atoms with Gasteiger partial charge < -0.3 is 5.11 Å². The van der Waals surface area contributed by atoms with E-state index < -0.39 is 5.82 Å². The summed E-state index contributed by atoms with van der Waals surface area (Å²) < 4.78 is 13.0. The van der Waals surface area contributed by atoms with Crippen molar-refractivity contribution in [2.45, 2.75) is 12.8 Å². The second-order valence-corrected chi connectivity index (χ2v) is 3.69. The van der Waals surface area contributed by atoms with Crippen molar-refractivity contribution < 1.29 is 9.50 Å². The third kappa shape index (κ3) is 2.33. The minimum Gasteiger partial charge on any atom is -0.396 e. The maximum absolute atomic E-state index is 13.0. The minimum atomic E-state index is -0.551. The van der Waals surface area contributed by atoms with Crippen LogP contribution in [0.25, 0.3) is 0 Å². The van der Waals surface area contributed by atoms with Gasteiger partial charge in [0.2, 0.25) is 0 Å². The number of hydrogen-bond donors (Lipinski definition) is 1. The Morgan fingerprint density at radius 1 is 1.46 bits per heavy atom. The highest BCUT2D eigenvalue weighted by molar-refractivity contribution is 6.33. The Balaban J connectivity index is 3.20. The lowest BCUT2D eigenvalue weighted by Gasteiger charge is -2.11. The van der Waals surface area contributed by atoms with Gasteiger partial charge in [-0.1, -0.05) is 30.1 Å². The summed E-state index contributed by atoms with van der Waals surface area (Å²) in [5.41, 5.74) is 0.536. The largest absolute Gasteiger partial charge is 0.396 e. The molecule has 0 radical (unpaired) electrons. The fraction of sp³-hybridized carbons (Fsp3) is 0.333. The van der Waals surface area contributed by atoms with Gasteiger partial charge in [0, 0.05) is 17.5 Å². The molecule has 0 amide bonds. The quantitative estimate of drug-likeness (QED) is 0.763. The molecule has 0 heterocycles. The molecule has 0 aliphatic heterocycles. The first-order valence-corrected chi connectivity index (χ1v) is 4.57. The lowest BCUT2D eigenvalue weighted by Crippen LogP contribution is -2.01. The first-order valence-electron chi connectivity index (χ1n) is 3.81. The van der Waals surface area contributed by atoms with Gasteiger partial charge in [-0.2, -0.15) is 0 Å². The van der Waals surface area contributed by atoms with E-state index in [1.54, 1.807) is 13.0 Å². The lowest BCUT2D eigenvalue weighted by molar-refractivity contribution is 0.273. The fourth-order valence-corrected chi connectivity index (χ4v) is 1.54. The molecule has 0 saturated carbocycles. The van der Waals surface area contributed by atoms with E-state index in [4.69, 9.17) is 28.3 Å². The summed E-state index contributed by atoms with van der Waals surface area (Å²) in [7, 11) is 0. The van der Waals surface area contributed by atoms with E-state index in [-0.39, 0.29) is 22.6 Å². The maximum Gasteiger partial charge on any atom is 0.143 e. The highest BCUT2D eigenvalue weighted by Gasteiger charge is 2.13. The van der Waals surface area contributed by atoms with Crippen LogP contribution in [0, 0.1) is 5.82 Å². The van der Waals surface area contributed by atoms with Crippen LogP contribution in [0.2, 0.25) is 10.0 Å². The van der Waals surface area contributed by atoms with Crippen molar-refractivity contribution in [3.63, 3.8) is 0 Å². The zero-order chi connectivity index (χ0) is 10.0. The summed E-state index contributed by atoms with van der Waals surface area (Å²) in [5, 5.41) is 9.19. The molecule has 0 spiro atoms. The third-order valence-corrected chi connectivity index (χ3v) is 2.44. The standard InChI is InChI=1S/C9H9Cl2FO/c1-5(4-13)7-2-6(10)3-8(12)9(7)11/h2-3,5,13H,4H2,1H3. The molecule has 0 aromatic heterocycles. The maximum atomic E-state index is 13.0. The van der Waals surface area contributed by atoms with Crippen LogP contribution in [0.5, 0.6) is 0 Å². The van der Waals surface area contributed by atoms with Crippen LogP contribution in [-0.4, -0.2) is 11.7 Å². The smallest absolute Gasteiger partial charge is 0.143 e. The first-order chi connectivity index (χ1) is 6.06. The van der Waals surface area contributed by atoms with Crippen LogP contribution in [-0.2, 0) is 0 Å². The summed E-state index contributed by atoms with van der Waals surface area (Å²) in [6.07, 6.45) is 0. The van der Waals surface area contributed by atoms with Gasteiger partial charge >= 0.3 is 0 Å². The number of aliphatic hydroxyl groups is 1. The first kappa shape index (κ1) is 10.8. The SMILES string of the molecule is CC(CO)c1cc(Cl)cc(F)c1Cl. The molecule has 4 heteroatoms. The van der Waals surface area contributed by atoms with E-state index >= 15 is 0 Å². The second-order valence-electron chi connectivity index (χ2n) is 2.87. The van der Waals surface area contributed by atoms with Gasteiger partial charge in [-0.05, 0) is 17.7 Å². The third-order valence-electron chi connectivity index (χ3n) is 1.83. The number of aliphatic hydroxyl groups excluding tert-OH is 1. The Bertz CT molecular complexity index is 315. The normalized spacial score (nSPS) is 13.0. The summed E-state index contributed by atoms with van der Waals surface area (Å²) in [5.74, 6) is -0.759. The zero-order valence-electron chi connectivity index (χ0n) is 7.02. The second kappa shape index (κ2) is 4.27. The fourth-order valence-electron chi connectivity index (χ4n) is 1.03. The van der Waals surface area contributed by atoms with Crippen molar-refractivity contribution in [3.8, 4) is 0 Å². The number of halogens is 3. The van der Waals surface area contributed by atoms with Crippen molar-refractivity contribution in [2.24, 2.45) is 0 Å². The Kier molecular flexibility index (Phi) is 3.54. The van der Waals surface area contributed by atoms with E-state index in [0.717, 1.165) is 6.07 Å². The lowest BCUT2D eigenvalue weighted by atomic mass is 10.0. The predicted octanol–water partition coefficient (Wildman–Crippen LogP) is 3.23. The topological polar surface area (TPSA) is 20.2 Å². The van der Waals surface area contributed by atoms with Gasteiger partial charge in [-0.3, -0.25) is 0 Å². The molecule has 72 valence electrons. The van der Waals surface area contributed by atoms with Gasteiger partial charge in [-0.15, -0.1) is 0 Å². The molecule has 1 aromatic carbocycles. The van der Waals surface area contributed by atoms with Crippen molar-refractivity contribution >= 4 is 23.2 Å². The molecule has 1 aromatic rings. The minimum absolute atomic E-state index is 0.0333. The Morgan fingerprint density at radius 2 is 2.08 bits per heavy atom. The molecular weight excluding hydrogens is 214 g/mol. The van der Waals surface area contributed by atoms with Crippen LogP contribution in [0.1, 0.15) is 18.4 Å². The molecule has 0 saturated heterocycles. The molecule has 0 fully saturated rings. The Morgan fingerprint density at radius 3 is 2.62 bits per heavy atom. The molecule has 1 nitrogen and oxygen atoms in total. The van der Waals surface area contributed by atoms with E-state index in [1.165, 1.54) is 0 Å². The van der Waals surface area contributed by atoms with E-state index in [9.17, 15) is 4.39 Å². The zero-order valence-corrected chi connectivity index (χ0v) is 8.53. The number of benzene rings is 1. The van der Waals surface area contributed by atoms with E-state index in [2.05, 4.69) is 0 Å². The molecule has 1 N–H and O–H groups in total. The van der Waals surface area contributed by atoms with E-state index in [0.29, 0.717) is 5.56 Å². The van der Waals surface area contributed by atoms with Gasteiger partial charge in [-0.25, -0.2) is 4.39 Å². The Labute approximate surface area is 86.1 Å². The van der Waals surface area contributed by atoms with Crippen LogP contribution >= 0.6 is 23.2 Å². The van der Waals surface area contributed by atoms with Gasteiger partial charge in [0.25, 0.3) is 0 Å². The van der Waals surface area contributed by atoms with Gasteiger partial charge in [0.15, 0.2) is 0 Å². The molecule has 0 aliphatic carbocycles. The van der Waals surface area contributed by atoms with Crippen molar-refractivity contribution in [3.05, 3.63) is 33.6 Å². The molecular formula is C9H9Cl2FO. The van der Waals surface area contributed by atoms with Crippen molar-refractivity contribution in [1.82, 2.24) is 0 Å². The monoisotopic (exact) mass is 222 g/mol. The van der Waals surface area contributed by atoms with Gasteiger partial charge in [0.1, 0.15) is 5.82 Å². The average Bonchev–Trinajstić information content (AvgIpc) is 2.10. The summed E-state index contributed by atoms with van der Waals surface area (Å²) in [4.78, 5) is 0. The Hall–Kier alpha value is -0.310. The van der Waals surface area contributed by atoms with Gasteiger partial charge in [0.05, 0.1) is 5.02 Å². The van der Waals surface area contributed by atoms with Crippen molar-refractivity contribution in [1.29, 1.82) is 0 Å². The van der Waals surface area contributed by atoms with E-state index in [1.807, 2.05) is 0 Å². The molecule has 13 heavy (non-hydrogen) atoms. The highest BCUT2D eigenvalue weighted by atomic mass is 35.5. The molecule has 1 atom stereocenters. The number of rotatable bonds is 2. The van der Waals surface area contributed by atoms with Crippen molar-refractivity contribution in [2.75, 3.05) is 6.61 Å². The van der Waals surface area contributed by atoms with Crippen LogP contribution in [0.4, 0.5) is 4.39 Å².